The molecule has 0 amide bonds. The van der Waals surface area contributed by atoms with E-state index in [2.05, 4.69) is 9.44 Å². The molecule has 0 unspecified atom stereocenters. The molecule has 0 aliphatic carbocycles. The molecule has 0 heterocycles. The fourth-order valence-electron chi connectivity index (χ4n) is 4.41. The molecule has 4 rings (SSSR count). The molecule has 0 aromatic heterocycles. The largest absolute Gasteiger partial charge is 0.240 e. The van der Waals surface area contributed by atoms with Crippen molar-refractivity contribution in [1.82, 2.24) is 9.44 Å². The van der Waals surface area contributed by atoms with Gasteiger partial charge in [0.05, 0.1) is 9.79 Å². The van der Waals surface area contributed by atoms with E-state index in [1.54, 1.807) is 48.5 Å². The van der Waals surface area contributed by atoms with E-state index < -0.39 is 20.0 Å². The van der Waals surface area contributed by atoms with Gasteiger partial charge >= 0.3 is 0 Å². The summed E-state index contributed by atoms with van der Waals surface area (Å²) in [4.78, 5) is 0.416. The maximum atomic E-state index is 13.0. The van der Waals surface area contributed by atoms with Gasteiger partial charge in [0.15, 0.2) is 0 Å². The van der Waals surface area contributed by atoms with Gasteiger partial charge in [-0.2, -0.15) is 0 Å². The van der Waals surface area contributed by atoms with E-state index >= 15 is 0 Å². The summed E-state index contributed by atoms with van der Waals surface area (Å²) in [7, 11) is -7.42. The summed E-state index contributed by atoms with van der Waals surface area (Å²) in [6, 6.07) is 25.0. The second kappa shape index (κ2) is 11.2. The van der Waals surface area contributed by atoms with Crippen LogP contribution in [0.15, 0.2) is 94.7 Å². The predicted molar refractivity (Wildman–Crippen MR) is 152 cm³/mol. The average molecular weight is 549 g/mol. The second-order valence-electron chi connectivity index (χ2n) is 9.49. The highest BCUT2D eigenvalue weighted by molar-refractivity contribution is 7.89. The first-order valence-corrected chi connectivity index (χ1v) is 15.2. The minimum Gasteiger partial charge on any atom is -0.207 e. The monoisotopic (exact) mass is 548 g/mol. The van der Waals surface area contributed by atoms with Crippen molar-refractivity contribution in [2.24, 2.45) is 0 Å². The summed E-state index contributed by atoms with van der Waals surface area (Å²) < 4.78 is 57.3. The van der Waals surface area contributed by atoms with Crippen LogP contribution in [0, 0.1) is 27.7 Å². The van der Waals surface area contributed by atoms with E-state index in [0.29, 0.717) is 0 Å². The number of aryl methyl sites for hydroxylation is 4. The van der Waals surface area contributed by atoms with Gasteiger partial charge in [-0.1, -0.05) is 71.8 Å². The molecule has 0 radical (unpaired) electrons. The third-order valence-electron chi connectivity index (χ3n) is 6.54. The second-order valence-corrected chi connectivity index (χ2v) is 13.0. The van der Waals surface area contributed by atoms with E-state index in [-0.39, 0.29) is 22.9 Å². The summed E-state index contributed by atoms with van der Waals surface area (Å²) in [6.45, 7) is 7.94. The average Bonchev–Trinajstić information content (AvgIpc) is 2.87. The Kier molecular flexibility index (Phi) is 8.18. The number of hydrogen-bond acceptors (Lipinski definition) is 4. The van der Waals surface area contributed by atoms with E-state index in [1.165, 1.54) is 0 Å². The Bertz CT molecular complexity index is 1530. The molecule has 0 saturated carbocycles. The summed E-state index contributed by atoms with van der Waals surface area (Å²) in [5, 5.41) is 0. The highest BCUT2D eigenvalue weighted by Gasteiger charge is 2.20. The minimum absolute atomic E-state index is 0.0933. The van der Waals surface area contributed by atoms with Crippen LogP contribution in [0.3, 0.4) is 0 Å². The van der Waals surface area contributed by atoms with Gasteiger partial charge in [0.2, 0.25) is 20.0 Å². The fraction of sp³-hybridized carbons (Fsp3) is 0.200. The lowest BCUT2D eigenvalue weighted by molar-refractivity contribution is 0.579. The van der Waals surface area contributed by atoms with Gasteiger partial charge in [-0.3, -0.25) is 0 Å². The zero-order valence-electron chi connectivity index (χ0n) is 21.9. The normalized spacial score (nSPS) is 12.0. The van der Waals surface area contributed by atoms with Crippen LogP contribution in [-0.4, -0.2) is 16.8 Å². The highest BCUT2D eigenvalue weighted by Crippen LogP contribution is 2.34. The number of hydrogen-bond donors (Lipinski definition) is 2. The number of benzene rings is 4. The van der Waals surface area contributed by atoms with Crippen LogP contribution in [-0.2, 0) is 33.1 Å². The first-order valence-electron chi connectivity index (χ1n) is 12.3. The van der Waals surface area contributed by atoms with Crippen LogP contribution >= 0.6 is 0 Å². The number of nitrogens with one attached hydrogen (secondary N) is 2. The quantitative estimate of drug-likeness (QED) is 0.287. The van der Waals surface area contributed by atoms with Crippen molar-refractivity contribution in [1.29, 1.82) is 0 Å². The van der Waals surface area contributed by atoms with Crippen LogP contribution in [0.1, 0.15) is 33.4 Å². The van der Waals surface area contributed by atoms with Crippen LogP contribution in [0.25, 0.3) is 11.1 Å². The Morgan fingerprint density at radius 2 is 0.842 bits per heavy atom. The number of sulfonamides is 2. The van der Waals surface area contributed by atoms with Gasteiger partial charge in [0.1, 0.15) is 0 Å². The molecule has 4 aromatic rings. The molecule has 0 bridgehead atoms. The van der Waals surface area contributed by atoms with Crippen LogP contribution in [0.4, 0.5) is 0 Å². The van der Waals surface area contributed by atoms with Gasteiger partial charge in [-0.25, -0.2) is 26.3 Å². The van der Waals surface area contributed by atoms with Crippen LogP contribution in [0.2, 0.25) is 0 Å². The van der Waals surface area contributed by atoms with E-state index in [4.69, 9.17) is 0 Å². The molecular weight excluding hydrogens is 516 g/mol. The molecule has 6 nitrogen and oxygen atoms in total. The van der Waals surface area contributed by atoms with E-state index in [1.807, 2.05) is 64.1 Å². The molecule has 8 heteroatoms. The lowest BCUT2D eigenvalue weighted by Crippen LogP contribution is -2.24. The van der Waals surface area contributed by atoms with Crippen LogP contribution < -0.4 is 9.44 Å². The maximum Gasteiger partial charge on any atom is 0.240 e. The molecule has 0 atom stereocenters. The van der Waals surface area contributed by atoms with Crippen molar-refractivity contribution < 1.29 is 16.8 Å². The standard InChI is InChI=1S/C30H32N2O4S2/c1-21-11-15-27(16-12-21)37(33,34)31-19-25-9-5-7-23(3)29(25)30-24(4)8-6-10-26(30)20-32-38(35,36)28-17-13-22(2)14-18-28/h5-18,31-32H,19-20H2,1-4H3. The SMILES string of the molecule is Cc1ccc(S(=O)(=O)NCc2cccc(C)c2-c2c(C)cccc2CNS(=O)(=O)c2ccc(C)cc2)cc1. The van der Waals surface area contributed by atoms with Gasteiger partial charge < -0.3 is 0 Å². The van der Waals surface area contributed by atoms with Crippen molar-refractivity contribution in [3.63, 3.8) is 0 Å². The molecule has 0 spiro atoms. The summed E-state index contributed by atoms with van der Waals surface area (Å²) in [5.74, 6) is 0. The van der Waals surface area contributed by atoms with E-state index in [9.17, 15) is 16.8 Å². The molecule has 198 valence electrons. The van der Waals surface area contributed by atoms with Crippen molar-refractivity contribution in [3.05, 3.63) is 118 Å². The lowest BCUT2D eigenvalue weighted by Gasteiger charge is -2.20. The lowest BCUT2D eigenvalue weighted by atomic mass is 9.88. The summed E-state index contributed by atoms with van der Waals surface area (Å²) in [5.41, 5.74) is 7.28. The zero-order chi connectivity index (χ0) is 27.5. The highest BCUT2D eigenvalue weighted by atomic mass is 32.2. The van der Waals surface area contributed by atoms with Crippen molar-refractivity contribution in [2.45, 2.75) is 50.6 Å². The van der Waals surface area contributed by atoms with Crippen molar-refractivity contribution in [3.8, 4) is 11.1 Å². The molecule has 38 heavy (non-hydrogen) atoms. The van der Waals surface area contributed by atoms with Gasteiger partial charge in [-0.15, -0.1) is 0 Å². The van der Waals surface area contributed by atoms with E-state index in [0.717, 1.165) is 44.5 Å². The van der Waals surface area contributed by atoms with Gasteiger partial charge in [-0.05, 0) is 85.3 Å². The molecule has 0 aliphatic heterocycles. The zero-order valence-corrected chi connectivity index (χ0v) is 23.6. The third kappa shape index (κ3) is 6.22. The first-order chi connectivity index (χ1) is 18.0. The molecule has 0 aliphatic rings. The Labute approximate surface area is 225 Å². The van der Waals surface area contributed by atoms with Gasteiger partial charge in [0, 0.05) is 13.1 Å². The Morgan fingerprint density at radius 3 is 1.18 bits per heavy atom. The van der Waals surface area contributed by atoms with Gasteiger partial charge in [0.25, 0.3) is 0 Å². The van der Waals surface area contributed by atoms with Crippen molar-refractivity contribution >= 4 is 20.0 Å². The minimum atomic E-state index is -3.71. The van der Waals surface area contributed by atoms with Crippen molar-refractivity contribution in [2.75, 3.05) is 0 Å². The Hall–Kier alpha value is -3.30. The summed E-state index contributed by atoms with van der Waals surface area (Å²) >= 11 is 0. The molecule has 4 aromatic carbocycles. The first kappa shape index (κ1) is 27.7. The molecule has 0 fully saturated rings. The molecular formula is C30H32N2O4S2. The maximum absolute atomic E-state index is 13.0. The predicted octanol–water partition coefficient (Wildman–Crippen LogP) is 5.54. The van der Waals surface area contributed by atoms with Crippen LogP contribution in [0.5, 0.6) is 0 Å². The molecule has 0 saturated heterocycles. The Morgan fingerprint density at radius 1 is 0.500 bits per heavy atom. The fourth-order valence-corrected chi connectivity index (χ4v) is 6.43. The Balaban J connectivity index is 1.66. The smallest absolute Gasteiger partial charge is 0.207 e. The third-order valence-corrected chi connectivity index (χ3v) is 9.37. The topological polar surface area (TPSA) is 92.3 Å². The number of rotatable bonds is 9. The summed E-state index contributed by atoms with van der Waals surface area (Å²) in [6.07, 6.45) is 0. The molecule has 2 N–H and O–H groups in total.